The molecule has 0 aromatic rings. The molecule has 20 saturated carbocycles. The monoisotopic (exact) mass is 1830 g/mol. The smallest absolute Gasteiger partial charge is 0.251 e. The maximum atomic E-state index is 15.2. The van der Waals surface area contributed by atoms with E-state index in [1.165, 1.54) is 68.1 Å². The summed E-state index contributed by atoms with van der Waals surface area (Å²) in [7, 11) is 0. The SMILES string of the molecule is C=C(C)[C@H]1CC[C@H]2[C@@H]3CC(=O)[C@H]4C[C@@](C)(O)CC[C@@H]4[C@H]3CC[C@]12C.C=C(C)[C@H]1CC[C@H]2[C@@H]3CC(F)(F)[C@H]4C[C@@](C)(O)CC[C@@H]4[C@H]3CC[C@]12C.C=C(CBr)[C@H]1CC[C@H]2[C@@H]3CC(F)(F)[C@H]4C[C@@](C)(O)CC[C@@H]4[C@H]3CC[C@]12C.C=C(CO)[C@H]1CC[C@H]2[C@@H]3CC(F)(F)[C@H]4C[C@@](C)(O)CC[C@@H]4[C@H]3CC[C@]12C.C=C(CO)[C@H]1CC[C@H]2[C@@H]3C[C@@H](F)[C@H]4C[C@@](C)(O)CC[C@@H]4[C@H]3CC[C@]12C. The Kier molecular flexibility index (Phi) is 26.7. The maximum Gasteiger partial charge on any atom is 0.251 e. The van der Waals surface area contributed by atoms with Gasteiger partial charge in [-0.05, 0) is 472 Å². The second-order valence-corrected chi connectivity index (χ2v) is 52.1. The van der Waals surface area contributed by atoms with Crippen LogP contribution in [0.5, 0.6) is 0 Å². The summed E-state index contributed by atoms with van der Waals surface area (Å²) in [6.45, 7) is 46.3. The highest BCUT2D eigenvalue weighted by molar-refractivity contribution is 9.09. The number of allylic oxidation sites excluding steroid dienone is 3. The summed E-state index contributed by atoms with van der Waals surface area (Å²) >= 11 is 3.57. The number of carbonyl (C=O) groups excluding carboxylic acids is 1. The number of aliphatic hydroxyl groups is 7. The summed E-state index contributed by atoms with van der Waals surface area (Å²) in [6.07, 6.45) is 33.9. The molecule has 20 rings (SSSR count). The number of hydrogen-bond donors (Lipinski definition) is 7. The van der Waals surface area contributed by atoms with Gasteiger partial charge in [0.1, 0.15) is 12.0 Å². The van der Waals surface area contributed by atoms with Gasteiger partial charge in [0.15, 0.2) is 0 Å². The van der Waals surface area contributed by atoms with Gasteiger partial charge in [0.05, 0.1) is 41.2 Å². The molecule has 0 bridgehead atoms. The second-order valence-electron chi connectivity index (χ2n) is 51.6. The summed E-state index contributed by atoms with van der Waals surface area (Å²) in [6, 6.07) is 0. The molecule has 20 fully saturated rings. The number of alkyl halides is 8. The molecule has 0 amide bonds. The minimum atomic E-state index is -2.67. The van der Waals surface area contributed by atoms with E-state index in [9.17, 15) is 40.5 Å². The lowest BCUT2D eigenvalue weighted by Crippen LogP contribution is -2.57. The van der Waals surface area contributed by atoms with Crippen molar-refractivity contribution >= 4 is 21.7 Å². The Morgan fingerprint density at radius 1 is 0.310 bits per heavy atom. The third kappa shape index (κ3) is 17.1. The Balaban J connectivity index is 0.000000116. The molecule has 714 valence electrons. The van der Waals surface area contributed by atoms with Gasteiger partial charge < -0.3 is 35.7 Å². The third-order valence-corrected chi connectivity index (χ3v) is 45.2. The van der Waals surface area contributed by atoms with Crippen molar-refractivity contribution in [3.05, 3.63) is 60.8 Å². The molecule has 0 saturated heterocycles. The highest BCUT2D eigenvalue weighted by Crippen LogP contribution is 2.74. The number of hydrogen-bond acceptors (Lipinski definition) is 8. The standard InChI is InChI=1S/C22H33BrF2O.C22H34F2O2.C22H34F2O.C22H35FO2.C22H34O2/c1-13(12-23)17-4-5-18-16-10-22(24,25)19-11-20(2,26)8-6-15(19)14(16)7-9-21(17,18)3;1-13(12-25)17-4-5-18-16-10-22(23,24)19-11-20(2,26)8-6-15(19)14(16)7-9-21(17,18)3;1-13(2)17-5-6-18-16-11-22(23,24)19-12-20(3,25)9-7-15(19)14(16)8-10-21(17,18)4;1-13(12-24)18-4-5-19-16-10-20(23)17-11-21(2,25)8-6-15(17)14(16)7-9-22(18,19)3;1-13(2)18-5-6-19-16-11-20(23)17-12-21(3,24)9-7-15(17)14(16)8-10-22(18,19)4/h14-19,26H,1,4-12H2,2-3H3;14-19,25-26H,1,4-12H2,2-3H3;14-19,25H,1,5-12H2,2-4H3;14-20,24-25H,1,4-12H2,2-3H3;14-19,24H,1,5-12H2,2-4H3/t3*14-,15-,16-,17-,18+,19+,20+,21-;14-,15-,16-,17+,18-,19+,20-,21+,22-;14-,15-,16-,17+,18-,19+,21+,22-/m11111/s1. The molecule has 16 heteroatoms. The number of Topliss-reactive ketones (excluding diaryl/α,β-unsaturated/α-hetero) is 1. The lowest BCUT2D eigenvalue weighted by Gasteiger charge is -2.58. The van der Waals surface area contributed by atoms with Gasteiger partial charge in [-0.25, -0.2) is 30.7 Å². The van der Waals surface area contributed by atoms with E-state index >= 15 is 30.7 Å². The Hall–Kier alpha value is -1.92. The molecule has 0 spiro atoms. The minimum absolute atomic E-state index is 0.00646. The second kappa shape index (κ2) is 34.7. The summed E-state index contributed by atoms with van der Waals surface area (Å²) in [5, 5.41) is 72.1. The average Bonchev–Trinajstić information content (AvgIpc) is 1.36. The number of aliphatic hydroxyl groups excluding tert-OH is 2. The van der Waals surface area contributed by atoms with Crippen molar-refractivity contribution in [2.45, 2.75) is 392 Å². The fraction of sp³-hybridized carbons (Fsp3) is 0.900. The van der Waals surface area contributed by atoms with Crippen LogP contribution in [0.3, 0.4) is 0 Å². The van der Waals surface area contributed by atoms with Crippen LogP contribution in [0.15, 0.2) is 60.8 Å². The van der Waals surface area contributed by atoms with Crippen molar-refractivity contribution in [1.29, 1.82) is 0 Å². The van der Waals surface area contributed by atoms with Crippen molar-refractivity contribution in [3.63, 3.8) is 0 Å². The van der Waals surface area contributed by atoms with E-state index < -0.39 is 69.7 Å². The number of fused-ring (bicyclic) bond motifs is 25. The molecule has 0 heterocycles. The first-order valence-corrected chi connectivity index (χ1v) is 52.9. The van der Waals surface area contributed by atoms with E-state index in [0.717, 1.165) is 151 Å². The molecule has 0 aromatic carbocycles. The van der Waals surface area contributed by atoms with Gasteiger partial charge >= 0.3 is 0 Å². The van der Waals surface area contributed by atoms with Crippen LogP contribution in [0.25, 0.3) is 0 Å². The van der Waals surface area contributed by atoms with Crippen LogP contribution < -0.4 is 0 Å². The third-order valence-electron chi connectivity index (χ3n) is 44.4. The van der Waals surface area contributed by atoms with Crippen molar-refractivity contribution < 1.29 is 71.3 Å². The Labute approximate surface area is 764 Å². The van der Waals surface area contributed by atoms with Crippen molar-refractivity contribution in [2.75, 3.05) is 18.5 Å². The maximum absolute atomic E-state index is 15.2. The van der Waals surface area contributed by atoms with Crippen molar-refractivity contribution in [2.24, 2.45) is 205 Å². The van der Waals surface area contributed by atoms with E-state index in [0.29, 0.717) is 150 Å². The zero-order valence-electron chi connectivity index (χ0n) is 79.9. The highest BCUT2D eigenvalue weighted by atomic mass is 79.9. The van der Waals surface area contributed by atoms with E-state index in [1.54, 1.807) is 20.8 Å². The summed E-state index contributed by atoms with van der Waals surface area (Å²) in [4.78, 5) is 13.0. The molecule has 126 heavy (non-hydrogen) atoms. The van der Waals surface area contributed by atoms with Crippen LogP contribution in [0.2, 0.25) is 0 Å². The predicted molar refractivity (Wildman–Crippen MR) is 493 cm³/mol. The zero-order chi connectivity index (χ0) is 91.3. The van der Waals surface area contributed by atoms with Crippen LogP contribution in [0.4, 0.5) is 30.7 Å². The Bertz CT molecular complexity index is 3910. The van der Waals surface area contributed by atoms with Gasteiger partial charge in [0.2, 0.25) is 0 Å². The van der Waals surface area contributed by atoms with Crippen LogP contribution >= 0.6 is 15.9 Å². The largest absolute Gasteiger partial charge is 0.392 e. The van der Waals surface area contributed by atoms with E-state index in [1.807, 2.05) is 13.8 Å². The predicted octanol–water partition coefficient (Wildman–Crippen LogP) is 26.1. The molecule has 0 aliphatic heterocycles. The average molecular weight is 1830 g/mol. The topological polar surface area (TPSA) is 159 Å². The molecule has 0 aromatic heterocycles. The van der Waals surface area contributed by atoms with Gasteiger partial charge in [-0.1, -0.05) is 100 Å². The molecule has 0 unspecified atom stereocenters. The van der Waals surface area contributed by atoms with Gasteiger partial charge in [0, 0.05) is 54.7 Å². The van der Waals surface area contributed by atoms with Gasteiger partial charge in [-0.2, -0.15) is 0 Å². The van der Waals surface area contributed by atoms with Crippen molar-refractivity contribution in [3.8, 4) is 0 Å². The molecule has 0 radical (unpaired) electrons. The van der Waals surface area contributed by atoms with Crippen molar-refractivity contribution in [1.82, 2.24) is 0 Å². The first kappa shape index (κ1) is 97.2. The minimum Gasteiger partial charge on any atom is -0.392 e. The molecule has 20 aliphatic rings. The molecule has 41 atom stereocenters. The number of rotatable bonds is 8. The fourth-order valence-corrected chi connectivity index (χ4v) is 39.1. The molecule has 8 nitrogen and oxygen atoms in total. The van der Waals surface area contributed by atoms with Gasteiger partial charge in [0.25, 0.3) is 17.8 Å². The zero-order valence-corrected chi connectivity index (χ0v) is 81.5. The normalized spacial score (nSPS) is 53.7. The summed E-state index contributed by atoms with van der Waals surface area (Å²) in [5.74, 6) is 1.12. The number of halogens is 8. The quantitative estimate of drug-likeness (QED) is 0.0719. The summed E-state index contributed by atoms with van der Waals surface area (Å²) in [5.41, 5.74) is 2.62. The summed E-state index contributed by atoms with van der Waals surface area (Å²) < 4.78 is 106. The molecular weight excluding hydrogens is 1660 g/mol. The van der Waals surface area contributed by atoms with Gasteiger partial charge in [-0.3, -0.25) is 4.79 Å². The van der Waals surface area contributed by atoms with E-state index in [-0.39, 0.29) is 127 Å². The number of ketones is 1. The first-order valence-electron chi connectivity index (χ1n) is 51.8. The fourth-order valence-electron chi connectivity index (χ4n) is 38.7. The Morgan fingerprint density at radius 2 is 0.571 bits per heavy atom. The van der Waals surface area contributed by atoms with Crippen LogP contribution in [-0.2, 0) is 4.79 Å². The Morgan fingerprint density at radius 3 is 0.913 bits per heavy atom. The molecular formula is C110H170BrF7O8. The lowest BCUT2D eigenvalue weighted by atomic mass is 9.48. The first-order chi connectivity index (χ1) is 58.7. The number of carbonyl (C=O) groups is 1. The molecule has 20 aliphatic carbocycles. The molecule has 7 N–H and O–H groups in total. The lowest BCUT2D eigenvalue weighted by molar-refractivity contribution is -0.209. The highest BCUT2D eigenvalue weighted by Gasteiger charge is 2.70. The van der Waals surface area contributed by atoms with E-state index in [4.69, 9.17) is 0 Å². The van der Waals surface area contributed by atoms with Crippen LogP contribution in [0.1, 0.15) is 340 Å². The van der Waals surface area contributed by atoms with Gasteiger partial charge in [-0.15, -0.1) is 0 Å². The van der Waals surface area contributed by atoms with E-state index in [2.05, 4.69) is 97.3 Å². The van der Waals surface area contributed by atoms with Crippen LogP contribution in [0, 0.1) is 205 Å². The van der Waals surface area contributed by atoms with Crippen LogP contribution in [-0.4, -0.2) is 112 Å².